The van der Waals surface area contributed by atoms with E-state index in [-0.39, 0.29) is 6.61 Å². The summed E-state index contributed by atoms with van der Waals surface area (Å²) in [7, 11) is 0. The summed E-state index contributed by atoms with van der Waals surface area (Å²) in [6.07, 6.45) is 2.40. The minimum absolute atomic E-state index is 0.0908. The standard InChI is InChI=1S/C15H20N2O2/c16-7-9-19-15-6-2-1-5-14(15)11-17-10-13-4-3-8-18-12-13/h1-2,5-6,13,17H,3-4,8-12H2. The first-order chi connectivity index (χ1) is 9.40. The molecule has 1 unspecified atom stereocenters. The number of nitriles is 1. The van der Waals surface area contributed by atoms with Gasteiger partial charge in [-0.05, 0) is 24.8 Å². The van der Waals surface area contributed by atoms with Crippen LogP contribution < -0.4 is 10.1 Å². The summed E-state index contributed by atoms with van der Waals surface area (Å²) in [5, 5.41) is 12.0. The van der Waals surface area contributed by atoms with Gasteiger partial charge in [0.05, 0.1) is 6.61 Å². The molecule has 1 heterocycles. The van der Waals surface area contributed by atoms with E-state index in [0.29, 0.717) is 5.92 Å². The van der Waals surface area contributed by atoms with Crippen LogP contribution in [-0.2, 0) is 11.3 Å². The number of hydrogen-bond acceptors (Lipinski definition) is 4. The van der Waals surface area contributed by atoms with E-state index in [9.17, 15) is 0 Å². The highest BCUT2D eigenvalue weighted by Gasteiger charge is 2.13. The molecule has 0 bridgehead atoms. The van der Waals surface area contributed by atoms with Gasteiger partial charge in [-0.1, -0.05) is 18.2 Å². The van der Waals surface area contributed by atoms with Crippen molar-refractivity contribution in [1.29, 1.82) is 5.26 Å². The number of rotatable bonds is 6. The average Bonchev–Trinajstić information content (AvgIpc) is 2.47. The number of nitrogens with one attached hydrogen (secondary N) is 1. The van der Waals surface area contributed by atoms with E-state index in [1.165, 1.54) is 6.42 Å². The van der Waals surface area contributed by atoms with Crippen LogP contribution in [0, 0.1) is 17.2 Å². The van der Waals surface area contributed by atoms with Gasteiger partial charge < -0.3 is 14.8 Å². The third kappa shape index (κ3) is 4.55. The molecule has 0 amide bonds. The van der Waals surface area contributed by atoms with Crippen LogP contribution in [0.1, 0.15) is 18.4 Å². The van der Waals surface area contributed by atoms with Crippen molar-refractivity contribution < 1.29 is 9.47 Å². The van der Waals surface area contributed by atoms with Crippen LogP contribution in [-0.4, -0.2) is 26.4 Å². The Bertz CT molecular complexity index is 422. The van der Waals surface area contributed by atoms with Crippen LogP contribution in [0.2, 0.25) is 0 Å². The number of hydrogen-bond donors (Lipinski definition) is 1. The Morgan fingerprint density at radius 3 is 3.11 bits per heavy atom. The maximum Gasteiger partial charge on any atom is 0.174 e. The van der Waals surface area contributed by atoms with E-state index in [1.54, 1.807) is 0 Å². The molecule has 0 saturated carbocycles. The van der Waals surface area contributed by atoms with Crippen molar-refractivity contribution >= 4 is 0 Å². The topological polar surface area (TPSA) is 54.3 Å². The molecule has 0 spiro atoms. The first kappa shape index (κ1) is 13.9. The summed E-state index contributed by atoms with van der Waals surface area (Å²) in [6.45, 7) is 3.58. The number of nitrogens with zero attached hydrogens (tertiary/aromatic N) is 1. The molecule has 1 aliphatic rings. The normalized spacial score (nSPS) is 18.8. The second-order valence-corrected chi connectivity index (χ2v) is 4.77. The molecule has 4 heteroatoms. The van der Waals surface area contributed by atoms with Gasteiger partial charge in [0.25, 0.3) is 0 Å². The Hall–Kier alpha value is -1.57. The van der Waals surface area contributed by atoms with Crippen molar-refractivity contribution in [2.24, 2.45) is 5.92 Å². The zero-order valence-electron chi connectivity index (χ0n) is 11.1. The van der Waals surface area contributed by atoms with E-state index in [4.69, 9.17) is 14.7 Å². The summed E-state index contributed by atoms with van der Waals surface area (Å²) in [6, 6.07) is 9.83. The molecule has 2 rings (SSSR count). The molecule has 1 aromatic carbocycles. The van der Waals surface area contributed by atoms with Crippen molar-refractivity contribution in [2.75, 3.05) is 26.4 Å². The molecule has 1 N–H and O–H groups in total. The minimum Gasteiger partial charge on any atom is -0.478 e. The molecule has 4 nitrogen and oxygen atoms in total. The van der Waals surface area contributed by atoms with Crippen molar-refractivity contribution in [3.05, 3.63) is 29.8 Å². The van der Waals surface area contributed by atoms with Gasteiger partial charge in [-0.3, -0.25) is 0 Å². The SMILES string of the molecule is N#CCOc1ccccc1CNCC1CCCOC1. The van der Waals surface area contributed by atoms with E-state index in [1.807, 2.05) is 30.3 Å². The summed E-state index contributed by atoms with van der Waals surface area (Å²) < 4.78 is 10.9. The zero-order valence-corrected chi connectivity index (χ0v) is 11.1. The Morgan fingerprint density at radius 1 is 1.42 bits per heavy atom. The largest absolute Gasteiger partial charge is 0.478 e. The van der Waals surface area contributed by atoms with Crippen molar-refractivity contribution in [3.63, 3.8) is 0 Å². The predicted octanol–water partition coefficient (Wildman–Crippen LogP) is 2.11. The Morgan fingerprint density at radius 2 is 2.32 bits per heavy atom. The summed E-state index contributed by atoms with van der Waals surface area (Å²) in [5.74, 6) is 1.40. The van der Waals surface area contributed by atoms with Crippen molar-refractivity contribution in [3.8, 4) is 11.8 Å². The molecule has 102 valence electrons. The lowest BCUT2D eigenvalue weighted by molar-refractivity contribution is 0.0547. The van der Waals surface area contributed by atoms with E-state index >= 15 is 0 Å². The summed E-state index contributed by atoms with van der Waals surface area (Å²) in [4.78, 5) is 0. The lowest BCUT2D eigenvalue weighted by atomic mass is 10.0. The van der Waals surface area contributed by atoms with E-state index in [2.05, 4.69) is 5.32 Å². The molecule has 1 aliphatic heterocycles. The van der Waals surface area contributed by atoms with Crippen LogP contribution in [0.4, 0.5) is 0 Å². The zero-order chi connectivity index (χ0) is 13.3. The first-order valence-electron chi connectivity index (χ1n) is 6.76. The quantitative estimate of drug-likeness (QED) is 0.851. The van der Waals surface area contributed by atoms with Crippen LogP contribution in [0.5, 0.6) is 5.75 Å². The lowest BCUT2D eigenvalue weighted by Gasteiger charge is -2.22. The Balaban J connectivity index is 1.79. The Kier molecular flexibility index (Phi) is 5.67. The average molecular weight is 260 g/mol. The molecule has 1 fully saturated rings. The van der Waals surface area contributed by atoms with Gasteiger partial charge in [0.2, 0.25) is 0 Å². The maximum atomic E-state index is 8.56. The number of para-hydroxylation sites is 1. The number of ether oxygens (including phenoxy) is 2. The molecule has 1 saturated heterocycles. The highest BCUT2D eigenvalue weighted by Crippen LogP contribution is 2.18. The highest BCUT2D eigenvalue weighted by molar-refractivity contribution is 5.33. The third-order valence-corrected chi connectivity index (χ3v) is 3.27. The van der Waals surface area contributed by atoms with Gasteiger partial charge in [-0.25, -0.2) is 0 Å². The van der Waals surface area contributed by atoms with Gasteiger partial charge in [0.1, 0.15) is 11.8 Å². The fourth-order valence-corrected chi connectivity index (χ4v) is 2.28. The molecule has 1 atom stereocenters. The van der Waals surface area contributed by atoms with Crippen LogP contribution in [0.15, 0.2) is 24.3 Å². The molecule has 0 aromatic heterocycles. The monoisotopic (exact) mass is 260 g/mol. The maximum absolute atomic E-state index is 8.56. The van der Waals surface area contributed by atoms with Crippen molar-refractivity contribution in [2.45, 2.75) is 19.4 Å². The van der Waals surface area contributed by atoms with E-state index in [0.717, 1.165) is 44.0 Å². The second kappa shape index (κ2) is 7.78. The molecular weight excluding hydrogens is 240 g/mol. The second-order valence-electron chi connectivity index (χ2n) is 4.77. The molecule has 19 heavy (non-hydrogen) atoms. The smallest absolute Gasteiger partial charge is 0.174 e. The third-order valence-electron chi connectivity index (χ3n) is 3.27. The summed E-state index contributed by atoms with van der Waals surface area (Å²) >= 11 is 0. The van der Waals surface area contributed by atoms with Gasteiger partial charge in [-0.2, -0.15) is 5.26 Å². The Labute approximate surface area is 114 Å². The number of benzene rings is 1. The van der Waals surface area contributed by atoms with Gasteiger partial charge in [-0.15, -0.1) is 0 Å². The van der Waals surface area contributed by atoms with Crippen LogP contribution in [0.25, 0.3) is 0 Å². The summed E-state index contributed by atoms with van der Waals surface area (Å²) in [5.41, 5.74) is 1.09. The minimum atomic E-state index is 0.0908. The predicted molar refractivity (Wildman–Crippen MR) is 72.8 cm³/mol. The fourth-order valence-electron chi connectivity index (χ4n) is 2.28. The lowest BCUT2D eigenvalue weighted by Crippen LogP contribution is -2.29. The van der Waals surface area contributed by atoms with Crippen LogP contribution in [0.3, 0.4) is 0 Å². The molecule has 0 aliphatic carbocycles. The highest BCUT2D eigenvalue weighted by atomic mass is 16.5. The van der Waals surface area contributed by atoms with Gasteiger partial charge in [0.15, 0.2) is 6.61 Å². The first-order valence-corrected chi connectivity index (χ1v) is 6.76. The van der Waals surface area contributed by atoms with Crippen molar-refractivity contribution in [1.82, 2.24) is 5.32 Å². The van der Waals surface area contributed by atoms with Crippen LogP contribution >= 0.6 is 0 Å². The molecular formula is C15H20N2O2. The van der Waals surface area contributed by atoms with Gasteiger partial charge in [0, 0.05) is 25.3 Å². The molecule has 0 radical (unpaired) electrons. The van der Waals surface area contributed by atoms with Gasteiger partial charge >= 0.3 is 0 Å². The fraction of sp³-hybridized carbons (Fsp3) is 0.533. The molecule has 1 aromatic rings. The van der Waals surface area contributed by atoms with E-state index < -0.39 is 0 Å².